The van der Waals surface area contributed by atoms with E-state index in [0.717, 1.165) is 11.3 Å². The van der Waals surface area contributed by atoms with Crippen LogP contribution < -0.4 is 10.6 Å². The summed E-state index contributed by atoms with van der Waals surface area (Å²) in [6, 6.07) is 5.22. The van der Waals surface area contributed by atoms with Crippen LogP contribution in [0.3, 0.4) is 0 Å². The van der Waals surface area contributed by atoms with Crippen molar-refractivity contribution in [1.82, 2.24) is 5.32 Å². The first-order chi connectivity index (χ1) is 11.4. The van der Waals surface area contributed by atoms with Gasteiger partial charge in [-0.1, -0.05) is 11.6 Å². The minimum Gasteiger partial charge on any atom is -0.481 e. The summed E-state index contributed by atoms with van der Waals surface area (Å²) in [6.45, 7) is 0. The van der Waals surface area contributed by atoms with E-state index in [4.69, 9.17) is 16.7 Å². The summed E-state index contributed by atoms with van der Waals surface area (Å²) in [5.41, 5.74) is -0.0000421. The van der Waals surface area contributed by atoms with E-state index >= 15 is 0 Å². The van der Waals surface area contributed by atoms with Crippen LogP contribution in [0.5, 0.6) is 0 Å². The zero-order valence-corrected chi connectivity index (χ0v) is 14.4. The summed E-state index contributed by atoms with van der Waals surface area (Å²) in [7, 11) is 0. The van der Waals surface area contributed by atoms with E-state index in [1.54, 1.807) is 12.1 Å². The van der Waals surface area contributed by atoms with Crippen molar-refractivity contribution in [3.05, 3.63) is 23.2 Å². The predicted molar refractivity (Wildman–Crippen MR) is 91.3 cm³/mol. The number of nitrogens with one attached hydrogen (secondary N) is 2. The molecule has 1 aromatic carbocycles. The number of carbonyl (C=O) groups excluding carboxylic acids is 2. The monoisotopic (exact) mass is 368 g/mol. The molecular formula is C16H17ClN2O4S. The Hall–Kier alpha value is -1.73. The topological polar surface area (TPSA) is 95.5 Å². The van der Waals surface area contributed by atoms with Crippen LogP contribution in [0.1, 0.15) is 32.1 Å². The van der Waals surface area contributed by atoms with Crippen molar-refractivity contribution in [2.24, 2.45) is 0 Å². The Morgan fingerprint density at radius 1 is 1.42 bits per heavy atom. The Morgan fingerprint density at radius 2 is 2.17 bits per heavy atom. The summed E-state index contributed by atoms with van der Waals surface area (Å²) in [5.74, 6) is -1.46. The number of halogens is 1. The third-order valence-electron chi connectivity index (χ3n) is 4.34. The Morgan fingerprint density at radius 3 is 2.79 bits per heavy atom. The van der Waals surface area contributed by atoms with Crippen LogP contribution in [-0.4, -0.2) is 33.7 Å². The highest BCUT2D eigenvalue weighted by Crippen LogP contribution is 2.39. The number of fused-ring (bicyclic) bond motifs is 1. The molecule has 2 amide bonds. The van der Waals surface area contributed by atoms with Crippen molar-refractivity contribution in [3.8, 4) is 0 Å². The van der Waals surface area contributed by atoms with Gasteiger partial charge in [0.2, 0.25) is 11.8 Å². The summed E-state index contributed by atoms with van der Waals surface area (Å²) in [5, 5.41) is 14.6. The molecule has 128 valence electrons. The highest BCUT2D eigenvalue weighted by molar-refractivity contribution is 8.01. The number of amides is 2. The van der Waals surface area contributed by atoms with Gasteiger partial charge in [-0.05, 0) is 37.5 Å². The minimum absolute atomic E-state index is 0.0138. The summed E-state index contributed by atoms with van der Waals surface area (Å²) in [6.07, 6.45) is 2.16. The summed E-state index contributed by atoms with van der Waals surface area (Å²) in [4.78, 5) is 36.3. The Bertz CT molecular complexity index is 705. The summed E-state index contributed by atoms with van der Waals surface area (Å²) < 4.78 is 0. The lowest BCUT2D eigenvalue weighted by Gasteiger charge is -2.41. The quantitative estimate of drug-likeness (QED) is 0.742. The van der Waals surface area contributed by atoms with Gasteiger partial charge in [0.05, 0.1) is 22.9 Å². The summed E-state index contributed by atoms with van der Waals surface area (Å²) >= 11 is 7.23. The van der Waals surface area contributed by atoms with Crippen LogP contribution in [0.15, 0.2) is 23.1 Å². The van der Waals surface area contributed by atoms with E-state index in [9.17, 15) is 14.4 Å². The van der Waals surface area contributed by atoms with Crippen molar-refractivity contribution < 1.29 is 19.5 Å². The van der Waals surface area contributed by atoms with Gasteiger partial charge < -0.3 is 15.7 Å². The second-order valence-corrected chi connectivity index (χ2v) is 7.87. The third-order valence-corrected chi connectivity index (χ3v) is 5.85. The number of hydrogen-bond acceptors (Lipinski definition) is 4. The maximum absolute atomic E-state index is 12.3. The first-order valence-corrected chi connectivity index (χ1v) is 8.93. The number of carboxylic acids is 1. The van der Waals surface area contributed by atoms with Crippen LogP contribution >= 0.6 is 23.4 Å². The third kappa shape index (κ3) is 3.67. The van der Waals surface area contributed by atoms with Crippen LogP contribution in [0.2, 0.25) is 5.02 Å². The van der Waals surface area contributed by atoms with E-state index < -0.39 is 16.8 Å². The fourth-order valence-corrected chi connectivity index (χ4v) is 4.27. The normalized spacial score (nSPS) is 21.2. The number of benzene rings is 1. The van der Waals surface area contributed by atoms with Gasteiger partial charge in [-0.3, -0.25) is 14.4 Å². The molecule has 1 heterocycles. The van der Waals surface area contributed by atoms with Crippen molar-refractivity contribution in [2.75, 3.05) is 5.32 Å². The van der Waals surface area contributed by atoms with Gasteiger partial charge in [-0.25, -0.2) is 0 Å². The molecule has 1 aromatic rings. The number of carbonyl (C=O) groups is 3. The van der Waals surface area contributed by atoms with E-state index in [2.05, 4.69) is 10.6 Å². The molecule has 1 atom stereocenters. The number of carboxylic acid groups (broad SMARTS) is 1. The number of rotatable bonds is 5. The number of hydrogen-bond donors (Lipinski definition) is 3. The van der Waals surface area contributed by atoms with Gasteiger partial charge in [0, 0.05) is 16.3 Å². The van der Waals surface area contributed by atoms with E-state index in [0.29, 0.717) is 23.6 Å². The fourth-order valence-electron chi connectivity index (χ4n) is 3.01. The molecule has 1 aliphatic carbocycles. The van der Waals surface area contributed by atoms with Gasteiger partial charge in [-0.2, -0.15) is 0 Å². The predicted octanol–water partition coefficient (Wildman–Crippen LogP) is 2.66. The lowest BCUT2D eigenvalue weighted by molar-refractivity contribution is -0.140. The zero-order chi connectivity index (χ0) is 17.3. The Kier molecular flexibility index (Phi) is 4.73. The highest BCUT2D eigenvalue weighted by atomic mass is 35.5. The van der Waals surface area contributed by atoms with Crippen LogP contribution in [-0.2, 0) is 14.4 Å². The molecule has 3 rings (SSSR count). The van der Waals surface area contributed by atoms with Crippen molar-refractivity contribution in [3.63, 3.8) is 0 Å². The molecule has 6 nitrogen and oxygen atoms in total. The maximum Gasteiger partial charge on any atom is 0.305 e. The average Bonchev–Trinajstić information content (AvgIpc) is 2.45. The molecule has 0 radical (unpaired) electrons. The van der Waals surface area contributed by atoms with Gasteiger partial charge in [-0.15, -0.1) is 11.8 Å². The van der Waals surface area contributed by atoms with Crippen LogP contribution in [0.4, 0.5) is 5.69 Å². The molecule has 1 saturated carbocycles. The Labute approximate surface area is 148 Å². The van der Waals surface area contributed by atoms with Crippen LogP contribution in [0.25, 0.3) is 0 Å². The average molecular weight is 369 g/mol. The number of anilines is 1. The lowest BCUT2D eigenvalue weighted by atomic mass is 9.74. The molecule has 2 aliphatic rings. The molecule has 1 fully saturated rings. The molecule has 24 heavy (non-hydrogen) atoms. The first-order valence-electron chi connectivity index (χ1n) is 7.67. The molecular weight excluding hydrogens is 352 g/mol. The van der Waals surface area contributed by atoms with E-state index in [1.807, 2.05) is 6.07 Å². The van der Waals surface area contributed by atoms with Crippen molar-refractivity contribution in [2.45, 2.75) is 47.8 Å². The van der Waals surface area contributed by atoms with Gasteiger partial charge in [0.25, 0.3) is 0 Å². The molecule has 0 aromatic heterocycles. The SMILES string of the molecule is O=C(O)CC1(NC(=O)CC2Sc3ccc(Cl)cc3NC2=O)CCC1. The van der Waals surface area contributed by atoms with Gasteiger partial charge >= 0.3 is 5.97 Å². The Balaban J connectivity index is 1.63. The minimum atomic E-state index is -0.925. The standard InChI is InChI=1S/C16H17ClN2O4S/c17-9-2-3-11-10(6-9)18-15(23)12(24-11)7-13(20)19-16(4-1-5-16)8-14(21)22/h2-3,6,12H,1,4-5,7-8H2,(H,18,23)(H,19,20)(H,21,22). The number of aliphatic carboxylic acids is 1. The van der Waals surface area contributed by atoms with Gasteiger partial charge in [0.1, 0.15) is 0 Å². The van der Waals surface area contributed by atoms with E-state index in [1.165, 1.54) is 11.8 Å². The smallest absolute Gasteiger partial charge is 0.305 e. The van der Waals surface area contributed by atoms with Gasteiger partial charge in [0.15, 0.2) is 0 Å². The molecule has 1 aliphatic heterocycles. The number of thioether (sulfide) groups is 1. The van der Waals surface area contributed by atoms with Crippen molar-refractivity contribution >= 4 is 46.8 Å². The molecule has 0 bridgehead atoms. The zero-order valence-electron chi connectivity index (χ0n) is 12.8. The van der Waals surface area contributed by atoms with E-state index in [-0.39, 0.29) is 24.7 Å². The molecule has 0 spiro atoms. The van der Waals surface area contributed by atoms with Crippen molar-refractivity contribution in [1.29, 1.82) is 0 Å². The molecule has 3 N–H and O–H groups in total. The second-order valence-electron chi connectivity index (χ2n) is 6.19. The second kappa shape index (κ2) is 6.64. The lowest BCUT2D eigenvalue weighted by Crippen LogP contribution is -2.55. The molecule has 0 saturated heterocycles. The maximum atomic E-state index is 12.3. The molecule has 1 unspecified atom stereocenters. The first kappa shape index (κ1) is 17.1. The fraction of sp³-hybridized carbons (Fsp3) is 0.438. The molecule has 8 heteroatoms. The van der Waals surface area contributed by atoms with Crippen LogP contribution in [0, 0.1) is 0 Å². The largest absolute Gasteiger partial charge is 0.481 e. The highest BCUT2D eigenvalue weighted by Gasteiger charge is 2.41.